The van der Waals surface area contributed by atoms with E-state index in [-0.39, 0.29) is 6.04 Å². The van der Waals surface area contributed by atoms with Gasteiger partial charge < -0.3 is 10.1 Å². The van der Waals surface area contributed by atoms with Gasteiger partial charge in [-0.2, -0.15) is 0 Å². The highest BCUT2D eigenvalue weighted by molar-refractivity contribution is 5.57. The molecule has 0 aromatic heterocycles. The van der Waals surface area contributed by atoms with Gasteiger partial charge in [-0.15, -0.1) is 6.58 Å². The molecule has 0 rings (SSSR count). The van der Waals surface area contributed by atoms with Gasteiger partial charge in [0.05, 0.1) is 6.04 Å². The molecule has 2 nitrogen and oxygen atoms in total. The van der Waals surface area contributed by atoms with Crippen molar-refractivity contribution in [3.05, 3.63) is 12.7 Å². The van der Waals surface area contributed by atoms with Gasteiger partial charge in [-0.3, -0.25) is 0 Å². The van der Waals surface area contributed by atoms with Crippen LogP contribution in [0.25, 0.3) is 0 Å². The lowest BCUT2D eigenvalue weighted by Crippen LogP contribution is -2.26. The highest BCUT2D eigenvalue weighted by Gasteiger charge is 2.00. The zero-order chi connectivity index (χ0) is 7.82. The summed E-state index contributed by atoms with van der Waals surface area (Å²) in [5, 5.41) is 2.91. The minimum atomic E-state index is 0.0277. The summed E-state index contributed by atoms with van der Waals surface area (Å²) in [5.74, 6) is 0. The Morgan fingerprint density at radius 1 is 1.70 bits per heavy atom. The highest BCUT2D eigenvalue weighted by Crippen LogP contribution is 1.98. The quantitative estimate of drug-likeness (QED) is 0.341. The first-order valence-corrected chi connectivity index (χ1v) is 3.58. The maximum atomic E-state index is 10.2. The van der Waals surface area contributed by atoms with E-state index in [0.29, 0.717) is 0 Å². The van der Waals surface area contributed by atoms with Gasteiger partial charge in [0.1, 0.15) is 6.29 Å². The minimum absolute atomic E-state index is 0.0277. The summed E-state index contributed by atoms with van der Waals surface area (Å²) < 4.78 is 0. The lowest BCUT2D eigenvalue weighted by molar-refractivity contribution is -0.109. The first-order chi connectivity index (χ1) is 4.85. The normalized spacial score (nSPS) is 12.5. The highest BCUT2D eigenvalue weighted by atomic mass is 16.1. The molecule has 0 unspecified atom stereocenters. The zero-order valence-electron chi connectivity index (χ0n) is 6.47. The average Bonchev–Trinajstić information content (AvgIpc) is 1.99. The molecule has 0 aromatic rings. The van der Waals surface area contributed by atoms with Crippen molar-refractivity contribution in [2.75, 3.05) is 7.05 Å². The monoisotopic (exact) mass is 141 g/mol. The van der Waals surface area contributed by atoms with Crippen LogP contribution >= 0.6 is 0 Å². The molecule has 0 aliphatic heterocycles. The Balaban J connectivity index is 3.25. The molecule has 58 valence electrons. The number of carbonyl (C=O) groups is 1. The summed E-state index contributed by atoms with van der Waals surface area (Å²) >= 11 is 0. The molecule has 0 saturated heterocycles. The SMILES string of the molecule is C=CCCC[C@@H](C=O)NC. The lowest BCUT2D eigenvalue weighted by Gasteiger charge is -2.05. The molecular formula is C8H15NO. The predicted octanol–water partition coefficient (Wildman–Crippen LogP) is 1.13. The van der Waals surface area contributed by atoms with Crippen LogP contribution in [-0.4, -0.2) is 19.4 Å². The summed E-state index contributed by atoms with van der Waals surface area (Å²) in [6, 6.07) is 0.0277. The number of hydrogen-bond donors (Lipinski definition) is 1. The van der Waals surface area contributed by atoms with Gasteiger partial charge in [-0.05, 0) is 26.3 Å². The van der Waals surface area contributed by atoms with Crippen LogP contribution in [0.3, 0.4) is 0 Å². The Morgan fingerprint density at radius 3 is 2.80 bits per heavy atom. The van der Waals surface area contributed by atoms with E-state index in [1.54, 1.807) is 7.05 Å². The van der Waals surface area contributed by atoms with E-state index < -0.39 is 0 Å². The van der Waals surface area contributed by atoms with E-state index in [1.165, 1.54) is 0 Å². The van der Waals surface area contributed by atoms with E-state index in [1.807, 2.05) is 6.08 Å². The van der Waals surface area contributed by atoms with E-state index >= 15 is 0 Å². The molecule has 10 heavy (non-hydrogen) atoms. The third kappa shape index (κ3) is 4.27. The van der Waals surface area contributed by atoms with Gasteiger partial charge in [0.25, 0.3) is 0 Å². The van der Waals surface area contributed by atoms with Crippen molar-refractivity contribution in [3.8, 4) is 0 Å². The van der Waals surface area contributed by atoms with Crippen LogP contribution < -0.4 is 5.32 Å². The number of carbonyl (C=O) groups excluding carboxylic acids is 1. The maximum absolute atomic E-state index is 10.2. The van der Waals surface area contributed by atoms with Crippen molar-refractivity contribution in [2.45, 2.75) is 25.3 Å². The van der Waals surface area contributed by atoms with Crippen LogP contribution in [0.15, 0.2) is 12.7 Å². The second kappa shape index (κ2) is 6.49. The Morgan fingerprint density at radius 2 is 2.40 bits per heavy atom. The Kier molecular flexibility index (Phi) is 6.08. The number of unbranched alkanes of at least 4 members (excludes halogenated alkanes) is 1. The van der Waals surface area contributed by atoms with Crippen molar-refractivity contribution in [2.24, 2.45) is 0 Å². The van der Waals surface area contributed by atoms with Gasteiger partial charge in [-0.25, -0.2) is 0 Å². The molecular weight excluding hydrogens is 126 g/mol. The molecule has 0 fully saturated rings. The second-order valence-corrected chi connectivity index (χ2v) is 2.25. The molecule has 1 N–H and O–H groups in total. The maximum Gasteiger partial charge on any atom is 0.136 e. The van der Waals surface area contributed by atoms with E-state index in [0.717, 1.165) is 25.5 Å². The van der Waals surface area contributed by atoms with Gasteiger partial charge in [0, 0.05) is 0 Å². The smallest absolute Gasteiger partial charge is 0.136 e. The predicted molar refractivity (Wildman–Crippen MR) is 43.0 cm³/mol. The van der Waals surface area contributed by atoms with Crippen molar-refractivity contribution in [3.63, 3.8) is 0 Å². The molecule has 0 heterocycles. The zero-order valence-corrected chi connectivity index (χ0v) is 6.47. The number of allylic oxidation sites excluding steroid dienone is 1. The van der Waals surface area contributed by atoms with Crippen molar-refractivity contribution in [1.82, 2.24) is 5.32 Å². The molecule has 0 radical (unpaired) electrons. The third-order valence-corrected chi connectivity index (χ3v) is 1.46. The summed E-state index contributed by atoms with van der Waals surface area (Å²) in [5.41, 5.74) is 0. The molecule has 1 atom stereocenters. The van der Waals surface area contributed by atoms with Crippen molar-refractivity contribution >= 4 is 6.29 Å². The number of rotatable bonds is 6. The number of nitrogens with one attached hydrogen (secondary N) is 1. The molecule has 0 aliphatic carbocycles. The molecule has 0 spiro atoms. The number of hydrogen-bond acceptors (Lipinski definition) is 2. The molecule has 0 aromatic carbocycles. The topological polar surface area (TPSA) is 29.1 Å². The standard InChI is InChI=1S/C8H15NO/c1-3-4-5-6-8(7-10)9-2/h3,7-9H,1,4-6H2,2H3/t8-/m0/s1. The molecule has 0 aliphatic rings. The van der Waals surface area contributed by atoms with Crippen molar-refractivity contribution in [1.29, 1.82) is 0 Å². The van der Waals surface area contributed by atoms with Gasteiger partial charge in [0.2, 0.25) is 0 Å². The lowest BCUT2D eigenvalue weighted by atomic mass is 10.1. The first kappa shape index (κ1) is 9.37. The van der Waals surface area contributed by atoms with Crippen molar-refractivity contribution < 1.29 is 4.79 Å². The Bertz CT molecular complexity index is 101. The largest absolute Gasteiger partial charge is 0.311 e. The fourth-order valence-electron chi connectivity index (χ4n) is 0.763. The molecule has 2 heteroatoms. The summed E-state index contributed by atoms with van der Waals surface area (Å²) in [6.45, 7) is 3.60. The van der Waals surface area contributed by atoms with Gasteiger partial charge in [0.15, 0.2) is 0 Å². The summed E-state index contributed by atoms with van der Waals surface area (Å²) in [4.78, 5) is 10.2. The average molecular weight is 141 g/mol. The molecule has 0 saturated carbocycles. The van der Waals surface area contributed by atoms with Crippen LogP contribution in [0.4, 0.5) is 0 Å². The Labute approximate surface area is 62.3 Å². The van der Waals surface area contributed by atoms with Crippen LogP contribution in [0.5, 0.6) is 0 Å². The second-order valence-electron chi connectivity index (χ2n) is 2.25. The fourth-order valence-corrected chi connectivity index (χ4v) is 0.763. The molecule has 0 amide bonds. The van der Waals surface area contributed by atoms with Gasteiger partial charge in [-0.1, -0.05) is 6.08 Å². The fraction of sp³-hybridized carbons (Fsp3) is 0.625. The van der Waals surface area contributed by atoms with E-state index in [4.69, 9.17) is 0 Å². The van der Waals surface area contributed by atoms with Gasteiger partial charge >= 0.3 is 0 Å². The first-order valence-electron chi connectivity index (χ1n) is 3.58. The number of likely N-dealkylation sites (N-methyl/N-ethyl adjacent to an activating group) is 1. The third-order valence-electron chi connectivity index (χ3n) is 1.46. The Hall–Kier alpha value is -0.630. The summed E-state index contributed by atoms with van der Waals surface area (Å²) in [6.07, 6.45) is 5.76. The van der Waals surface area contributed by atoms with Crippen LogP contribution in [-0.2, 0) is 4.79 Å². The van der Waals surface area contributed by atoms with E-state index in [9.17, 15) is 4.79 Å². The van der Waals surface area contributed by atoms with Crippen LogP contribution in [0.2, 0.25) is 0 Å². The minimum Gasteiger partial charge on any atom is -0.311 e. The molecule has 0 bridgehead atoms. The summed E-state index contributed by atoms with van der Waals surface area (Å²) in [7, 11) is 1.80. The van der Waals surface area contributed by atoms with Crippen LogP contribution in [0.1, 0.15) is 19.3 Å². The number of aldehydes is 1. The van der Waals surface area contributed by atoms with Crippen LogP contribution in [0, 0.1) is 0 Å². The van der Waals surface area contributed by atoms with E-state index in [2.05, 4.69) is 11.9 Å².